The van der Waals surface area contributed by atoms with Crippen molar-refractivity contribution in [1.82, 2.24) is 4.57 Å². The Morgan fingerprint density at radius 2 is 1.91 bits per heavy atom. The van der Waals surface area contributed by atoms with E-state index in [2.05, 4.69) is 5.32 Å². The molecule has 0 saturated carbocycles. The molecule has 0 aliphatic carbocycles. The maximum Gasteiger partial charge on any atom is 0.416 e. The zero-order chi connectivity index (χ0) is 24.9. The highest BCUT2D eigenvalue weighted by Gasteiger charge is 2.33. The lowest BCUT2D eigenvalue weighted by atomic mass is 10.1. The summed E-state index contributed by atoms with van der Waals surface area (Å²) in [5.74, 6) is -1.33. The number of nitrogens with zero attached hydrogens (tertiary/aromatic N) is 2. The summed E-state index contributed by atoms with van der Waals surface area (Å²) in [7, 11) is 1.56. The summed E-state index contributed by atoms with van der Waals surface area (Å²) >= 11 is 0. The Morgan fingerprint density at radius 1 is 1.24 bits per heavy atom. The van der Waals surface area contributed by atoms with Gasteiger partial charge in [-0.2, -0.15) is 13.2 Å². The minimum Gasteiger partial charge on any atom is -0.456 e. The molecule has 180 valence electrons. The molecular weight excluding hydrogens is 447 g/mol. The number of hydrogen-bond acceptors (Lipinski definition) is 7. The molecule has 2 rings (SSSR count). The molecule has 0 fully saturated rings. The molecule has 9 nitrogen and oxygen atoms in total. The van der Waals surface area contributed by atoms with Crippen molar-refractivity contribution < 1.29 is 37.2 Å². The van der Waals surface area contributed by atoms with Gasteiger partial charge in [0, 0.05) is 36.7 Å². The number of nitro benzene ring substituents is 1. The van der Waals surface area contributed by atoms with Crippen LogP contribution < -0.4 is 5.32 Å². The van der Waals surface area contributed by atoms with E-state index in [-0.39, 0.29) is 5.69 Å². The highest BCUT2D eigenvalue weighted by molar-refractivity contribution is 5.99. The van der Waals surface area contributed by atoms with Crippen molar-refractivity contribution in [2.45, 2.75) is 39.5 Å². The number of nitro groups is 1. The molecule has 1 heterocycles. The number of ether oxygens (including phenoxy) is 2. The van der Waals surface area contributed by atoms with Crippen molar-refractivity contribution in [2.24, 2.45) is 0 Å². The van der Waals surface area contributed by atoms with E-state index < -0.39 is 46.8 Å². The van der Waals surface area contributed by atoms with Gasteiger partial charge in [-0.05, 0) is 39.0 Å². The van der Waals surface area contributed by atoms with Crippen molar-refractivity contribution in [3.8, 4) is 0 Å². The van der Waals surface area contributed by atoms with Crippen LogP contribution in [0, 0.1) is 24.0 Å². The second-order valence-corrected chi connectivity index (χ2v) is 7.31. The molecule has 0 amide bonds. The van der Waals surface area contributed by atoms with E-state index in [1.165, 1.54) is 6.92 Å². The van der Waals surface area contributed by atoms with Crippen molar-refractivity contribution in [2.75, 3.05) is 25.6 Å². The first-order valence-corrected chi connectivity index (χ1v) is 9.84. The molecule has 0 aliphatic rings. The Hall–Kier alpha value is -3.41. The van der Waals surface area contributed by atoms with Crippen molar-refractivity contribution in [1.29, 1.82) is 0 Å². The molecule has 0 saturated heterocycles. The van der Waals surface area contributed by atoms with E-state index in [1.54, 1.807) is 20.1 Å². The minimum atomic E-state index is -4.76. The van der Waals surface area contributed by atoms with Gasteiger partial charge in [0.15, 0.2) is 6.61 Å². The van der Waals surface area contributed by atoms with Crippen LogP contribution in [-0.4, -0.2) is 47.6 Å². The number of ketones is 1. The summed E-state index contributed by atoms with van der Waals surface area (Å²) < 4.78 is 50.4. The van der Waals surface area contributed by atoms with E-state index >= 15 is 0 Å². The normalized spacial score (nSPS) is 12.3. The van der Waals surface area contributed by atoms with Crippen LogP contribution >= 0.6 is 0 Å². The third kappa shape index (κ3) is 6.31. The zero-order valence-electron chi connectivity index (χ0n) is 18.5. The fourth-order valence-corrected chi connectivity index (χ4v) is 3.22. The number of halogens is 3. The van der Waals surface area contributed by atoms with Gasteiger partial charge in [-0.25, -0.2) is 4.79 Å². The summed E-state index contributed by atoms with van der Waals surface area (Å²) in [6.07, 6.45) is -4.76. The van der Waals surface area contributed by atoms with Crippen LogP contribution in [0.25, 0.3) is 0 Å². The number of carbonyl (C=O) groups is 2. The number of hydrogen-bond donors (Lipinski definition) is 1. The Morgan fingerprint density at radius 3 is 2.48 bits per heavy atom. The first-order valence-electron chi connectivity index (χ1n) is 9.84. The summed E-state index contributed by atoms with van der Waals surface area (Å²) in [6.45, 7) is 5.34. The summed E-state index contributed by atoms with van der Waals surface area (Å²) in [6, 6.07) is 2.42. The standard InChI is InChI=1S/C21H24F3N3O6/c1-12-9-16(14(3)26(12)7-8-32-4)19(28)11-33-20(29)13(2)25-17-6-5-15(21(22,23)24)10-18(17)27(30)31/h5-6,9-10,13,25H,7-8,11H2,1-4H3. The largest absolute Gasteiger partial charge is 0.456 e. The monoisotopic (exact) mass is 471 g/mol. The molecule has 0 aliphatic heterocycles. The molecular formula is C21H24F3N3O6. The van der Waals surface area contributed by atoms with E-state index in [1.807, 2.05) is 11.5 Å². The Bertz CT molecular complexity index is 1050. The number of carbonyl (C=O) groups excluding carboxylic acids is 2. The van der Waals surface area contributed by atoms with Gasteiger partial charge in [0.2, 0.25) is 5.78 Å². The van der Waals surface area contributed by atoms with Crippen LogP contribution in [0.2, 0.25) is 0 Å². The number of aryl methyl sites for hydroxylation is 1. The Kier molecular flexibility index (Phi) is 8.20. The maximum absolute atomic E-state index is 12.8. The molecule has 0 radical (unpaired) electrons. The van der Waals surface area contributed by atoms with Crippen LogP contribution in [-0.2, 0) is 27.0 Å². The third-order valence-electron chi connectivity index (χ3n) is 4.99. The van der Waals surface area contributed by atoms with Crippen LogP contribution in [0.3, 0.4) is 0 Å². The average molecular weight is 471 g/mol. The number of aromatic nitrogens is 1. The van der Waals surface area contributed by atoms with Gasteiger partial charge in [0.1, 0.15) is 11.7 Å². The molecule has 0 spiro atoms. The molecule has 1 aromatic heterocycles. The van der Waals surface area contributed by atoms with Gasteiger partial charge >= 0.3 is 12.1 Å². The smallest absolute Gasteiger partial charge is 0.416 e. The predicted molar refractivity (Wildman–Crippen MR) is 112 cm³/mol. The molecule has 2 aromatic rings. The second-order valence-electron chi connectivity index (χ2n) is 7.31. The molecule has 1 aromatic carbocycles. The van der Waals surface area contributed by atoms with Gasteiger partial charge in [-0.3, -0.25) is 14.9 Å². The first kappa shape index (κ1) is 25.8. The first-order chi connectivity index (χ1) is 15.4. The Labute approximate surface area is 187 Å². The summed E-state index contributed by atoms with van der Waals surface area (Å²) in [4.78, 5) is 35.0. The number of nitrogens with one attached hydrogen (secondary N) is 1. The molecule has 33 heavy (non-hydrogen) atoms. The van der Waals surface area contributed by atoms with E-state index in [9.17, 15) is 32.9 Å². The lowest BCUT2D eigenvalue weighted by molar-refractivity contribution is -0.384. The van der Waals surface area contributed by atoms with Crippen molar-refractivity contribution in [3.05, 3.63) is 56.9 Å². The van der Waals surface area contributed by atoms with E-state index in [4.69, 9.17) is 9.47 Å². The number of rotatable bonds is 10. The van der Waals surface area contributed by atoms with Crippen LogP contribution in [0.4, 0.5) is 24.5 Å². The van der Waals surface area contributed by atoms with Gasteiger partial charge in [0.25, 0.3) is 5.69 Å². The van der Waals surface area contributed by atoms with Crippen molar-refractivity contribution in [3.63, 3.8) is 0 Å². The lowest BCUT2D eigenvalue weighted by Crippen LogP contribution is -2.30. The third-order valence-corrected chi connectivity index (χ3v) is 4.99. The lowest BCUT2D eigenvalue weighted by Gasteiger charge is -2.15. The number of esters is 1. The second kappa shape index (κ2) is 10.5. The molecule has 1 unspecified atom stereocenters. The minimum absolute atomic E-state index is 0.287. The highest BCUT2D eigenvalue weighted by Crippen LogP contribution is 2.35. The quantitative estimate of drug-likeness (QED) is 0.242. The van der Waals surface area contributed by atoms with Gasteiger partial charge < -0.3 is 19.4 Å². The molecule has 1 N–H and O–H groups in total. The SMILES string of the molecule is COCCn1c(C)cc(C(=O)COC(=O)C(C)Nc2ccc(C(F)(F)F)cc2[N+](=O)[O-])c1C. The fourth-order valence-electron chi connectivity index (χ4n) is 3.22. The predicted octanol–water partition coefficient (Wildman–Crippen LogP) is 3.90. The number of alkyl halides is 3. The van der Waals surface area contributed by atoms with Gasteiger partial charge in [-0.15, -0.1) is 0 Å². The van der Waals surface area contributed by atoms with Crippen LogP contribution in [0.15, 0.2) is 24.3 Å². The number of Topliss-reactive ketones (excluding diaryl/α,β-unsaturated/α-hetero) is 1. The maximum atomic E-state index is 12.8. The van der Waals surface area contributed by atoms with E-state index in [0.717, 1.165) is 11.8 Å². The number of benzene rings is 1. The Balaban J connectivity index is 2.06. The summed E-state index contributed by atoms with van der Waals surface area (Å²) in [5, 5.41) is 13.6. The molecule has 12 heteroatoms. The topological polar surface area (TPSA) is 113 Å². The van der Waals surface area contributed by atoms with E-state index in [0.29, 0.717) is 36.5 Å². The number of anilines is 1. The highest BCUT2D eigenvalue weighted by atomic mass is 19.4. The summed E-state index contributed by atoms with van der Waals surface area (Å²) in [5.41, 5.74) is -0.408. The van der Waals surface area contributed by atoms with Gasteiger partial charge in [-0.1, -0.05) is 0 Å². The van der Waals surface area contributed by atoms with Crippen LogP contribution in [0.5, 0.6) is 0 Å². The zero-order valence-corrected chi connectivity index (χ0v) is 18.5. The fraction of sp³-hybridized carbons (Fsp3) is 0.429. The van der Waals surface area contributed by atoms with Crippen LogP contribution in [0.1, 0.15) is 34.2 Å². The average Bonchev–Trinajstić information content (AvgIpc) is 3.02. The van der Waals surface area contributed by atoms with Gasteiger partial charge in [0.05, 0.1) is 17.1 Å². The molecule has 1 atom stereocenters. The van der Waals surface area contributed by atoms with Crippen molar-refractivity contribution >= 4 is 23.1 Å². The molecule has 0 bridgehead atoms. The number of methoxy groups -OCH3 is 1.